The first-order chi connectivity index (χ1) is 16.4. The molecule has 2 aromatic carbocycles. The Kier molecular flexibility index (Phi) is 7.75. The first-order valence-corrected chi connectivity index (χ1v) is 13.4. The van der Waals surface area contributed by atoms with E-state index in [0.717, 1.165) is 26.1 Å². The summed E-state index contributed by atoms with van der Waals surface area (Å²) in [5.74, 6) is 0.953. The third-order valence-corrected chi connectivity index (χ3v) is 8.28. The van der Waals surface area contributed by atoms with Gasteiger partial charge in [-0.2, -0.15) is 4.31 Å². The number of nitrogens with zero attached hydrogens (tertiary/aromatic N) is 3. The van der Waals surface area contributed by atoms with Gasteiger partial charge in [0, 0.05) is 50.8 Å². The largest absolute Gasteiger partial charge is 0.490 e. The lowest BCUT2D eigenvalue weighted by Crippen LogP contribution is -2.50. The molecule has 0 saturated carbocycles. The summed E-state index contributed by atoms with van der Waals surface area (Å²) in [6.45, 7) is 9.35. The highest BCUT2D eigenvalue weighted by atomic mass is 32.2. The molecule has 0 atom stereocenters. The van der Waals surface area contributed by atoms with Crippen molar-refractivity contribution in [3.63, 3.8) is 0 Å². The molecule has 34 heavy (non-hydrogen) atoms. The summed E-state index contributed by atoms with van der Waals surface area (Å²) in [4.78, 5) is 17.2. The van der Waals surface area contributed by atoms with Crippen LogP contribution >= 0.6 is 0 Å². The summed E-state index contributed by atoms with van der Waals surface area (Å²) in [6, 6.07) is 12.5. The van der Waals surface area contributed by atoms with Crippen LogP contribution in [-0.4, -0.2) is 80.9 Å². The van der Waals surface area contributed by atoms with Crippen LogP contribution in [0.1, 0.15) is 36.2 Å². The first kappa shape index (κ1) is 24.5. The molecule has 1 saturated heterocycles. The summed E-state index contributed by atoms with van der Waals surface area (Å²) < 4.78 is 39.1. The number of ether oxygens (including phenoxy) is 2. The second-order valence-electron chi connectivity index (χ2n) is 8.51. The number of hydrogen-bond donors (Lipinski definition) is 0. The Balaban J connectivity index is 1.38. The molecule has 0 unspecified atom stereocenters. The molecule has 0 bridgehead atoms. The topological polar surface area (TPSA) is 79.4 Å². The van der Waals surface area contributed by atoms with Gasteiger partial charge in [-0.15, -0.1) is 0 Å². The van der Waals surface area contributed by atoms with E-state index in [-0.39, 0.29) is 23.9 Å². The lowest BCUT2D eigenvalue weighted by Gasteiger charge is -2.34. The van der Waals surface area contributed by atoms with Gasteiger partial charge in [0.2, 0.25) is 10.0 Å². The van der Waals surface area contributed by atoms with Crippen molar-refractivity contribution < 1.29 is 22.7 Å². The van der Waals surface area contributed by atoms with Gasteiger partial charge in [-0.05, 0) is 42.9 Å². The van der Waals surface area contributed by atoms with Crippen LogP contribution in [0, 0.1) is 0 Å². The molecule has 2 aromatic rings. The van der Waals surface area contributed by atoms with Crippen molar-refractivity contribution in [2.24, 2.45) is 0 Å². The van der Waals surface area contributed by atoms with E-state index < -0.39 is 10.0 Å². The molecule has 2 heterocycles. The van der Waals surface area contributed by atoms with E-state index in [9.17, 15) is 13.2 Å². The van der Waals surface area contributed by atoms with Crippen LogP contribution in [0.3, 0.4) is 0 Å². The Morgan fingerprint density at radius 2 is 1.56 bits per heavy atom. The minimum Gasteiger partial charge on any atom is -0.490 e. The van der Waals surface area contributed by atoms with Crippen LogP contribution < -0.4 is 9.47 Å². The fourth-order valence-corrected chi connectivity index (χ4v) is 5.66. The highest BCUT2D eigenvalue weighted by Gasteiger charge is 2.31. The maximum atomic E-state index is 13.2. The number of fused-ring (bicyclic) bond motifs is 1. The molecule has 0 aromatic heterocycles. The Morgan fingerprint density at radius 1 is 0.912 bits per heavy atom. The van der Waals surface area contributed by atoms with Gasteiger partial charge in [0.25, 0.3) is 5.91 Å². The van der Waals surface area contributed by atoms with Crippen LogP contribution in [0.4, 0.5) is 0 Å². The minimum atomic E-state index is -3.69. The maximum Gasteiger partial charge on any atom is 0.253 e. The van der Waals surface area contributed by atoms with Crippen molar-refractivity contribution in [3.8, 4) is 11.5 Å². The lowest BCUT2D eigenvalue weighted by molar-refractivity contribution is 0.0698. The predicted molar refractivity (Wildman–Crippen MR) is 130 cm³/mol. The van der Waals surface area contributed by atoms with Crippen molar-refractivity contribution in [1.29, 1.82) is 0 Å². The number of carbonyl (C=O) groups excluding carboxylic acids is 1. The van der Waals surface area contributed by atoms with Crippen LogP contribution in [0.15, 0.2) is 47.4 Å². The van der Waals surface area contributed by atoms with Gasteiger partial charge in [-0.25, -0.2) is 8.42 Å². The predicted octanol–water partition coefficient (Wildman–Crippen LogP) is 2.84. The van der Waals surface area contributed by atoms with Crippen molar-refractivity contribution in [2.75, 3.05) is 52.5 Å². The maximum absolute atomic E-state index is 13.2. The first-order valence-electron chi connectivity index (χ1n) is 11.9. The average Bonchev–Trinajstić information content (AvgIpc) is 3.12. The number of carbonyl (C=O) groups is 1. The molecular formula is C25H33N3O5S. The fourth-order valence-electron chi connectivity index (χ4n) is 4.23. The van der Waals surface area contributed by atoms with E-state index in [0.29, 0.717) is 43.4 Å². The normalized spacial score (nSPS) is 17.0. The van der Waals surface area contributed by atoms with Crippen LogP contribution in [0.2, 0.25) is 0 Å². The van der Waals surface area contributed by atoms with Gasteiger partial charge in [0.1, 0.15) is 0 Å². The quantitative estimate of drug-likeness (QED) is 0.598. The zero-order valence-corrected chi connectivity index (χ0v) is 20.7. The zero-order valence-electron chi connectivity index (χ0n) is 19.9. The number of sulfonamides is 1. The van der Waals surface area contributed by atoms with Crippen molar-refractivity contribution in [1.82, 2.24) is 14.1 Å². The average molecular weight is 488 g/mol. The second kappa shape index (κ2) is 10.8. The third-order valence-electron chi connectivity index (χ3n) is 6.38. The molecule has 4 rings (SSSR count). The van der Waals surface area contributed by atoms with Crippen LogP contribution in [0.5, 0.6) is 11.5 Å². The fraction of sp³-hybridized carbons (Fsp3) is 0.480. The van der Waals surface area contributed by atoms with E-state index in [1.54, 1.807) is 17.0 Å². The second-order valence-corrected chi connectivity index (χ2v) is 10.5. The molecule has 1 amide bonds. The monoisotopic (exact) mass is 487 g/mol. The smallest absolute Gasteiger partial charge is 0.253 e. The summed E-state index contributed by atoms with van der Waals surface area (Å²) in [5.41, 5.74) is 1.80. The molecule has 1 fully saturated rings. The molecule has 2 aliphatic rings. The van der Waals surface area contributed by atoms with Gasteiger partial charge in [-0.3, -0.25) is 9.69 Å². The number of piperazine rings is 1. The molecule has 8 nitrogen and oxygen atoms in total. The SMILES string of the molecule is CCN(CC)Cc1ccc(C(=O)N2CCN(S(=O)(=O)c3ccc4c(c3)OCCCO4)CC2)cc1. The van der Waals surface area contributed by atoms with E-state index in [1.165, 1.54) is 15.9 Å². The molecule has 9 heteroatoms. The molecule has 0 N–H and O–H groups in total. The highest BCUT2D eigenvalue weighted by molar-refractivity contribution is 7.89. The van der Waals surface area contributed by atoms with Gasteiger partial charge < -0.3 is 14.4 Å². The molecule has 2 aliphatic heterocycles. The van der Waals surface area contributed by atoms with Crippen molar-refractivity contribution in [2.45, 2.75) is 31.7 Å². The molecule has 0 spiro atoms. The Morgan fingerprint density at radius 3 is 2.21 bits per heavy atom. The lowest BCUT2D eigenvalue weighted by atomic mass is 10.1. The number of benzene rings is 2. The molecule has 0 aliphatic carbocycles. The van der Waals surface area contributed by atoms with Crippen molar-refractivity contribution >= 4 is 15.9 Å². The van der Waals surface area contributed by atoms with E-state index in [4.69, 9.17) is 9.47 Å². The standard InChI is InChI=1S/C25H33N3O5S/c1-3-26(4-2)19-20-6-8-21(9-7-20)25(29)27-12-14-28(15-13-27)34(30,31)22-10-11-23-24(18-22)33-17-5-16-32-23/h6-11,18H,3-5,12-17,19H2,1-2H3. The summed E-state index contributed by atoms with van der Waals surface area (Å²) in [7, 11) is -3.69. The number of rotatable bonds is 7. The Labute approximate surface area is 202 Å². The summed E-state index contributed by atoms with van der Waals surface area (Å²) >= 11 is 0. The zero-order chi connectivity index (χ0) is 24.1. The Bertz CT molecular complexity index is 1090. The van der Waals surface area contributed by atoms with Crippen molar-refractivity contribution in [3.05, 3.63) is 53.6 Å². The highest BCUT2D eigenvalue weighted by Crippen LogP contribution is 2.33. The number of hydrogen-bond acceptors (Lipinski definition) is 6. The minimum absolute atomic E-state index is 0.0676. The Hall–Kier alpha value is -2.62. The van der Waals surface area contributed by atoms with Gasteiger partial charge in [-0.1, -0.05) is 26.0 Å². The van der Waals surface area contributed by atoms with Crippen LogP contribution in [0.25, 0.3) is 0 Å². The molecule has 184 valence electrons. The van der Waals surface area contributed by atoms with Crippen LogP contribution in [-0.2, 0) is 16.6 Å². The third kappa shape index (κ3) is 5.37. The number of amides is 1. The summed E-state index contributed by atoms with van der Waals surface area (Å²) in [5, 5.41) is 0. The van der Waals surface area contributed by atoms with E-state index >= 15 is 0 Å². The van der Waals surface area contributed by atoms with E-state index in [2.05, 4.69) is 18.7 Å². The molecular weight excluding hydrogens is 454 g/mol. The summed E-state index contributed by atoms with van der Waals surface area (Å²) in [6.07, 6.45) is 0.755. The molecule has 0 radical (unpaired) electrons. The van der Waals surface area contributed by atoms with Gasteiger partial charge >= 0.3 is 0 Å². The van der Waals surface area contributed by atoms with Gasteiger partial charge in [0.15, 0.2) is 11.5 Å². The van der Waals surface area contributed by atoms with E-state index in [1.807, 2.05) is 24.3 Å². The van der Waals surface area contributed by atoms with Gasteiger partial charge in [0.05, 0.1) is 18.1 Å².